The van der Waals surface area contributed by atoms with E-state index in [-0.39, 0.29) is 12.5 Å². The highest BCUT2D eigenvalue weighted by Crippen LogP contribution is 2.36. The first-order valence-electron chi connectivity index (χ1n) is 6.80. The van der Waals surface area contributed by atoms with Crippen LogP contribution in [0, 0.1) is 0 Å². The molecule has 0 bridgehead atoms. The molecule has 1 aliphatic rings. The topological polar surface area (TPSA) is 80.9 Å². The summed E-state index contributed by atoms with van der Waals surface area (Å²) >= 11 is 1.73. The molecule has 2 aromatic rings. The van der Waals surface area contributed by atoms with Crippen LogP contribution in [0.15, 0.2) is 6.07 Å². The van der Waals surface area contributed by atoms with Crippen molar-refractivity contribution in [1.82, 2.24) is 20.2 Å². The van der Waals surface area contributed by atoms with Gasteiger partial charge in [0, 0.05) is 4.88 Å². The number of aromatic nitrogens is 4. The van der Waals surface area contributed by atoms with Crippen LogP contribution in [-0.2, 0) is 17.6 Å². The molecule has 1 N–H and O–H groups in total. The van der Waals surface area contributed by atoms with Crippen molar-refractivity contribution in [3.8, 4) is 10.7 Å². The molecule has 106 valence electrons. The van der Waals surface area contributed by atoms with E-state index in [2.05, 4.69) is 21.6 Å². The van der Waals surface area contributed by atoms with Crippen LogP contribution in [0.4, 0.5) is 0 Å². The second kappa shape index (κ2) is 5.32. The predicted molar refractivity (Wildman–Crippen MR) is 74.7 cm³/mol. The fraction of sp³-hybridized carbons (Fsp3) is 0.538. The zero-order chi connectivity index (χ0) is 14.1. The van der Waals surface area contributed by atoms with Crippen molar-refractivity contribution in [3.63, 3.8) is 0 Å². The van der Waals surface area contributed by atoms with Crippen molar-refractivity contribution >= 4 is 17.3 Å². The van der Waals surface area contributed by atoms with Crippen molar-refractivity contribution in [3.05, 3.63) is 16.5 Å². The van der Waals surface area contributed by atoms with Crippen molar-refractivity contribution < 1.29 is 9.90 Å². The number of hydrogen-bond acceptors (Lipinski definition) is 5. The minimum atomic E-state index is -0.827. The molecule has 0 amide bonds. The molecule has 7 heteroatoms. The third-order valence-corrected chi connectivity index (χ3v) is 4.92. The van der Waals surface area contributed by atoms with Crippen LogP contribution in [0.2, 0.25) is 0 Å². The first kappa shape index (κ1) is 13.2. The van der Waals surface area contributed by atoms with E-state index in [1.54, 1.807) is 16.0 Å². The number of carbonyl (C=O) groups is 1. The molecule has 0 saturated carbocycles. The lowest BCUT2D eigenvalue weighted by atomic mass is 10.1. The van der Waals surface area contributed by atoms with E-state index in [1.165, 1.54) is 16.9 Å². The minimum Gasteiger partial charge on any atom is -0.481 e. The van der Waals surface area contributed by atoms with Gasteiger partial charge in [0.2, 0.25) is 0 Å². The fourth-order valence-electron chi connectivity index (χ4n) is 2.65. The van der Waals surface area contributed by atoms with E-state index in [4.69, 9.17) is 5.11 Å². The average Bonchev–Trinajstić information content (AvgIpc) is 3.08. The standard InChI is InChI=1S/C13H16N4O2S/c1-2-9(7-12(18)19)17-13(14-15-16-17)11-6-8-4-3-5-10(8)20-11/h6,9H,2-5,7H2,1H3,(H,18,19). The first-order valence-corrected chi connectivity index (χ1v) is 7.62. The van der Waals surface area contributed by atoms with Gasteiger partial charge in [0.25, 0.3) is 0 Å². The molecule has 3 rings (SSSR count). The number of tetrazole rings is 1. The maximum absolute atomic E-state index is 10.9. The number of hydrogen-bond donors (Lipinski definition) is 1. The van der Waals surface area contributed by atoms with Gasteiger partial charge >= 0.3 is 5.97 Å². The van der Waals surface area contributed by atoms with Gasteiger partial charge in [-0.25, -0.2) is 4.68 Å². The van der Waals surface area contributed by atoms with Gasteiger partial charge in [-0.1, -0.05) is 6.92 Å². The van der Waals surface area contributed by atoms with Crippen LogP contribution in [0.5, 0.6) is 0 Å². The molecule has 20 heavy (non-hydrogen) atoms. The van der Waals surface area contributed by atoms with Gasteiger partial charge < -0.3 is 5.11 Å². The highest BCUT2D eigenvalue weighted by molar-refractivity contribution is 7.15. The summed E-state index contributed by atoms with van der Waals surface area (Å²) < 4.78 is 1.66. The highest BCUT2D eigenvalue weighted by Gasteiger charge is 2.23. The monoisotopic (exact) mass is 292 g/mol. The van der Waals surface area contributed by atoms with Crippen molar-refractivity contribution in [1.29, 1.82) is 0 Å². The summed E-state index contributed by atoms with van der Waals surface area (Å²) in [5, 5.41) is 20.8. The highest BCUT2D eigenvalue weighted by atomic mass is 32.1. The number of thiophene rings is 1. The molecule has 0 aromatic carbocycles. The molecular formula is C13H16N4O2S. The van der Waals surface area contributed by atoms with Crippen molar-refractivity contribution in [2.24, 2.45) is 0 Å². The summed E-state index contributed by atoms with van der Waals surface area (Å²) in [6.07, 6.45) is 4.21. The zero-order valence-electron chi connectivity index (χ0n) is 11.2. The third kappa shape index (κ3) is 2.33. The summed E-state index contributed by atoms with van der Waals surface area (Å²) in [4.78, 5) is 13.4. The summed E-state index contributed by atoms with van der Waals surface area (Å²) in [6, 6.07) is 1.96. The molecule has 0 radical (unpaired) electrons. The second-order valence-corrected chi connectivity index (χ2v) is 6.16. The third-order valence-electron chi connectivity index (χ3n) is 3.69. The molecule has 2 aromatic heterocycles. The molecular weight excluding hydrogens is 276 g/mol. The van der Waals surface area contributed by atoms with Crippen LogP contribution in [0.25, 0.3) is 10.7 Å². The van der Waals surface area contributed by atoms with Crippen LogP contribution in [-0.4, -0.2) is 31.3 Å². The second-order valence-electron chi connectivity index (χ2n) is 5.02. The van der Waals surface area contributed by atoms with E-state index in [1.807, 2.05) is 6.92 Å². The van der Waals surface area contributed by atoms with Gasteiger partial charge in [-0.3, -0.25) is 4.79 Å². The van der Waals surface area contributed by atoms with Gasteiger partial charge in [-0.05, 0) is 47.7 Å². The van der Waals surface area contributed by atoms with Crippen LogP contribution in [0.3, 0.4) is 0 Å². The van der Waals surface area contributed by atoms with Gasteiger partial charge in [0.05, 0.1) is 17.3 Å². The van der Waals surface area contributed by atoms with Gasteiger partial charge in [0.1, 0.15) is 0 Å². The lowest BCUT2D eigenvalue weighted by molar-refractivity contribution is -0.138. The van der Waals surface area contributed by atoms with Crippen molar-refractivity contribution in [2.75, 3.05) is 0 Å². The molecule has 1 unspecified atom stereocenters. The molecule has 0 aliphatic heterocycles. The smallest absolute Gasteiger partial charge is 0.305 e. The van der Waals surface area contributed by atoms with E-state index >= 15 is 0 Å². The summed E-state index contributed by atoms with van der Waals surface area (Å²) in [6.45, 7) is 1.95. The lowest BCUT2D eigenvalue weighted by Crippen LogP contribution is -2.15. The fourth-order valence-corrected chi connectivity index (χ4v) is 3.88. The molecule has 0 saturated heterocycles. The maximum atomic E-state index is 10.9. The van der Waals surface area contributed by atoms with Gasteiger partial charge in [-0.15, -0.1) is 16.4 Å². The summed E-state index contributed by atoms with van der Waals surface area (Å²) in [5.41, 5.74) is 1.39. The number of aliphatic carboxylic acids is 1. The Balaban J connectivity index is 1.94. The van der Waals surface area contributed by atoms with E-state index in [0.29, 0.717) is 12.2 Å². The van der Waals surface area contributed by atoms with Crippen LogP contribution >= 0.6 is 11.3 Å². The molecule has 0 fully saturated rings. The Morgan fingerprint density at radius 1 is 1.55 bits per heavy atom. The molecule has 0 spiro atoms. The lowest BCUT2D eigenvalue weighted by Gasteiger charge is -2.13. The van der Waals surface area contributed by atoms with Crippen molar-refractivity contribution in [2.45, 2.75) is 45.1 Å². The minimum absolute atomic E-state index is 0.0413. The predicted octanol–water partition coefficient (Wildman–Crippen LogP) is 2.32. The molecule has 1 aliphatic carbocycles. The summed E-state index contributed by atoms with van der Waals surface area (Å²) in [5.74, 6) is -0.135. The Morgan fingerprint density at radius 2 is 2.40 bits per heavy atom. The number of nitrogens with zero attached hydrogens (tertiary/aromatic N) is 4. The Morgan fingerprint density at radius 3 is 3.10 bits per heavy atom. The summed E-state index contributed by atoms with van der Waals surface area (Å²) in [7, 11) is 0. The zero-order valence-corrected chi connectivity index (χ0v) is 12.1. The Hall–Kier alpha value is -1.76. The van der Waals surface area contributed by atoms with Crippen LogP contribution in [0.1, 0.15) is 42.7 Å². The normalized spacial score (nSPS) is 15.2. The number of rotatable bonds is 5. The average molecular weight is 292 g/mol. The quantitative estimate of drug-likeness (QED) is 0.914. The van der Waals surface area contributed by atoms with E-state index in [0.717, 1.165) is 17.7 Å². The first-order chi connectivity index (χ1) is 9.69. The molecule has 1 atom stereocenters. The molecule has 2 heterocycles. The van der Waals surface area contributed by atoms with Crippen LogP contribution < -0.4 is 0 Å². The largest absolute Gasteiger partial charge is 0.481 e. The Labute approximate surface area is 120 Å². The number of carboxylic acids is 1. The maximum Gasteiger partial charge on any atom is 0.305 e. The number of fused-ring (bicyclic) bond motifs is 1. The molecule has 6 nitrogen and oxygen atoms in total. The van der Waals surface area contributed by atoms with Gasteiger partial charge in [-0.2, -0.15) is 0 Å². The number of carboxylic acid groups (broad SMARTS) is 1. The Kier molecular flexibility index (Phi) is 3.52. The Bertz CT molecular complexity index is 613. The van der Waals surface area contributed by atoms with Gasteiger partial charge in [0.15, 0.2) is 5.82 Å². The SMILES string of the molecule is CCC(CC(=O)O)n1nnnc1-c1cc2c(s1)CCC2. The number of aryl methyl sites for hydroxylation is 2. The van der Waals surface area contributed by atoms with E-state index < -0.39 is 5.97 Å². The van der Waals surface area contributed by atoms with E-state index in [9.17, 15) is 4.79 Å².